The summed E-state index contributed by atoms with van der Waals surface area (Å²) < 4.78 is 5.51. The van der Waals surface area contributed by atoms with Crippen molar-refractivity contribution in [2.75, 3.05) is 50.8 Å². The van der Waals surface area contributed by atoms with Gasteiger partial charge in [0.1, 0.15) is 0 Å². The third-order valence-electron chi connectivity index (χ3n) is 6.69. The topological polar surface area (TPSA) is 87.9 Å². The number of anilines is 1. The molecule has 2 aromatic rings. The molecule has 2 aliphatic rings. The fourth-order valence-corrected chi connectivity index (χ4v) is 4.65. The van der Waals surface area contributed by atoms with Crippen molar-refractivity contribution in [2.45, 2.75) is 25.8 Å². The molecule has 33 heavy (non-hydrogen) atoms. The first-order valence-electron chi connectivity index (χ1n) is 11.7. The number of non-ortho nitro benzene ring substituents is 1. The zero-order valence-corrected chi connectivity index (χ0v) is 19.1. The van der Waals surface area contributed by atoms with Crippen LogP contribution in [0.3, 0.4) is 0 Å². The number of nitrogens with zero attached hydrogens (tertiary/aromatic N) is 3. The Morgan fingerprint density at radius 3 is 2.48 bits per heavy atom. The first kappa shape index (κ1) is 23.2. The van der Waals surface area contributed by atoms with E-state index in [1.165, 1.54) is 12.1 Å². The number of hydrogen-bond acceptors (Lipinski definition) is 6. The van der Waals surface area contributed by atoms with Gasteiger partial charge in [0.2, 0.25) is 0 Å². The Labute approximate surface area is 194 Å². The average molecular weight is 453 g/mol. The fraction of sp³-hybridized carbons (Fsp3) is 0.480. The molecule has 0 spiro atoms. The van der Waals surface area contributed by atoms with Gasteiger partial charge in [-0.15, -0.1) is 0 Å². The van der Waals surface area contributed by atoms with Gasteiger partial charge >= 0.3 is 0 Å². The van der Waals surface area contributed by atoms with Gasteiger partial charge in [-0.2, -0.15) is 0 Å². The number of morpholine rings is 1. The molecule has 2 saturated heterocycles. The molecule has 0 radical (unpaired) electrons. The highest BCUT2D eigenvalue weighted by Gasteiger charge is 2.26. The highest BCUT2D eigenvalue weighted by Crippen LogP contribution is 2.30. The van der Waals surface area contributed by atoms with Crippen LogP contribution in [0.15, 0.2) is 48.5 Å². The quantitative estimate of drug-likeness (QED) is 0.510. The highest BCUT2D eigenvalue weighted by molar-refractivity contribution is 6.00. The Morgan fingerprint density at radius 1 is 1.12 bits per heavy atom. The predicted molar refractivity (Wildman–Crippen MR) is 128 cm³/mol. The Morgan fingerprint density at radius 2 is 1.82 bits per heavy atom. The molecule has 0 aromatic heterocycles. The van der Waals surface area contributed by atoms with Gasteiger partial charge in [-0.25, -0.2) is 0 Å². The van der Waals surface area contributed by atoms with E-state index in [0.717, 1.165) is 50.3 Å². The molecule has 8 heteroatoms. The van der Waals surface area contributed by atoms with Crippen molar-refractivity contribution < 1.29 is 14.5 Å². The van der Waals surface area contributed by atoms with E-state index in [0.29, 0.717) is 31.2 Å². The molecule has 0 saturated carbocycles. The smallest absolute Gasteiger partial charge is 0.270 e. The van der Waals surface area contributed by atoms with E-state index in [-0.39, 0.29) is 17.6 Å². The highest BCUT2D eigenvalue weighted by atomic mass is 16.6. The molecule has 4 rings (SSSR count). The number of hydrogen-bond donors (Lipinski definition) is 1. The van der Waals surface area contributed by atoms with Gasteiger partial charge in [0, 0.05) is 44.9 Å². The Kier molecular flexibility index (Phi) is 7.57. The SMILES string of the molecule is CC1CCN(c2ccc([N+](=O)[O-])cc2C(=O)NCC(c2ccccc2)N2CCOCC2)CC1. The molecule has 2 aliphatic heterocycles. The maximum absolute atomic E-state index is 13.4. The van der Waals surface area contributed by atoms with Crippen LogP contribution < -0.4 is 10.2 Å². The lowest BCUT2D eigenvalue weighted by Crippen LogP contribution is -2.44. The van der Waals surface area contributed by atoms with Crippen LogP contribution >= 0.6 is 0 Å². The summed E-state index contributed by atoms with van der Waals surface area (Å²) in [4.78, 5) is 28.8. The number of nitro groups is 1. The van der Waals surface area contributed by atoms with Crippen molar-refractivity contribution in [1.29, 1.82) is 0 Å². The van der Waals surface area contributed by atoms with Crippen LogP contribution in [-0.4, -0.2) is 61.7 Å². The Hall–Kier alpha value is -2.97. The largest absolute Gasteiger partial charge is 0.379 e. The normalized spacial score (nSPS) is 18.6. The van der Waals surface area contributed by atoms with Crippen LogP contribution in [-0.2, 0) is 4.74 Å². The molecule has 0 bridgehead atoms. The number of nitro benzene ring substituents is 1. The van der Waals surface area contributed by atoms with Crippen molar-refractivity contribution in [3.05, 3.63) is 69.8 Å². The fourth-order valence-electron chi connectivity index (χ4n) is 4.65. The summed E-state index contributed by atoms with van der Waals surface area (Å²) in [5, 5.41) is 14.5. The minimum absolute atomic E-state index is 0.0111. The van der Waals surface area contributed by atoms with Crippen molar-refractivity contribution in [2.24, 2.45) is 5.92 Å². The molecule has 1 amide bonds. The van der Waals surface area contributed by atoms with E-state index in [1.54, 1.807) is 6.07 Å². The summed E-state index contributed by atoms with van der Waals surface area (Å²) in [6.45, 7) is 7.27. The lowest BCUT2D eigenvalue weighted by Gasteiger charge is -2.35. The average Bonchev–Trinajstić information content (AvgIpc) is 2.85. The van der Waals surface area contributed by atoms with Crippen LogP contribution in [0.2, 0.25) is 0 Å². The standard InChI is InChI=1S/C25H32N4O4/c1-19-9-11-27(12-10-19)23-8-7-21(29(31)32)17-22(23)25(30)26-18-24(20-5-3-2-4-6-20)28-13-15-33-16-14-28/h2-8,17,19,24H,9-16,18H2,1H3,(H,26,30). The van der Waals surface area contributed by atoms with Gasteiger partial charge in [0.05, 0.1) is 35.4 Å². The monoisotopic (exact) mass is 452 g/mol. The van der Waals surface area contributed by atoms with Crippen LogP contribution in [0, 0.1) is 16.0 Å². The third-order valence-corrected chi connectivity index (χ3v) is 6.69. The van der Waals surface area contributed by atoms with Gasteiger partial charge in [0.15, 0.2) is 0 Å². The lowest BCUT2D eigenvalue weighted by atomic mass is 9.97. The van der Waals surface area contributed by atoms with Gasteiger partial charge in [-0.3, -0.25) is 19.8 Å². The van der Waals surface area contributed by atoms with Crippen molar-refractivity contribution >= 4 is 17.3 Å². The number of rotatable bonds is 7. The molecule has 2 aromatic carbocycles. The van der Waals surface area contributed by atoms with E-state index < -0.39 is 4.92 Å². The van der Waals surface area contributed by atoms with Gasteiger partial charge < -0.3 is 15.0 Å². The molecular formula is C25H32N4O4. The maximum Gasteiger partial charge on any atom is 0.270 e. The summed E-state index contributed by atoms with van der Waals surface area (Å²) in [7, 11) is 0. The van der Waals surface area contributed by atoms with Gasteiger partial charge in [-0.05, 0) is 30.4 Å². The zero-order chi connectivity index (χ0) is 23.2. The van der Waals surface area contributed by atoms with E-state index in [2.05, 4.69) is 34.2 Å². The lowest BCUT2D eigenvalue weighted by molar-refractivity contribution is -0.384. The second-order valence-electron chi connectivity index (χ2n) is 8.91. The third kappa shape index (κ3) is 5.69. The van der Waals surface area contributed by atoms with Crippen LogP contribution in [0.1, 0.15) is 41.7 Å². The molecule has 1 N–H and O–H groups in total. The number of amides is 1. The maximum atomic E-state index is 13.4. The van der Waals surface area contributed by atoms with Gasteiger partial charge in [0.25, 0.3) is 11.6 Å². The number of carbonyl (C=O) groups excluding carboxylic acids is 1. The van der Waals surface area contributed by atoms with E-state index in [1.807, 2.05) is 18.2 Å². The van der Waals surface area contributed by atoms with Crippen LogP contribution in [0.4, 0.5) is 11.4 Å². The minimum Gasteiger partial charge on any atom is -0.379 e. The van der Waals surface area contributed by atoms with Crippen molar-refractivity contribution in [3.63, 3.8) is 0 Å². The van der Waals surface area contributed by atoms with Crippen molar-refractivity contribution in [3.8, 4) is 0 Å². The first-order chi connectivity index (χ1) is 16.0. The Balaban J connectivity index is 1.55. The molecule has 1 unspecified atom stereocenters. The molecule has 1 atom stereocenters. The van der Waals surface area contributed by atoms with E-state index in [9.17, 15) is 14.9 Å². The molecular weight excluding hydrogens is 420 g/mol. The van der Waals surface area contributed by atoms with Gasteiger partial charge in [-0.1, -0.05) is 37.3 Å². The van der Waals surface area contributed by atoms with Crippen LogP contribution in [0.5, 0.6) is 0 Å². The van der Waals surface area contributed by atoms with Crippen LogP contribution in [0.25, 0.3) is 0 Å². The predicted octanol–water partition coefficient (Wildman–Crippen LogP) is 3.63. The summed E-state index contributed by atoms with van der Waals surface area (Å²) in [5.41, 5.74) is 2.20. The Bertz CT molecular complexity index is 954. The van der Waals surface area contributed by atoms with E-state index in [4.69, 9.17) is 4.74 Å². The van der Waals surface area contributed by atoms with E-state index >= 15 is 0 Å². The number of ether oxygens (including phenoxy) is 1. The first-order valence-corrected chi connectivity index (χ1v) is 11.7. The summed E-state index contributed by atoms with van der Waals surface area (Å²) in [6.07, 6.45) is 2.09. The summed E-state index contributed by atoms with van der Waals surface area (Å²) in [5.74, 6) is 0.373. The second kappa shape index (κ2) is 10.8. The summed E-state index contributed by atoms with van der Waals surface area (Å²) >= 11 is 0. The molecule has 8 nitrogen and oxygen atoms in total. The number of benzene rings is 2. The molecule has 2 fully saturated rings. The minimum atomic E-state index is -0.445. The second-order valence-corrected chi connectivity index (χ2v) is 8.91. The number of carbonyl (C=O) groups is 1. The van der Waals surface area contributed by atoms with Crippen molar-refractivity contribution in [1.82, 2.24) is 10.2 Å². The molecule has 0 aliphatic carbocycles. The molecule has 176 valence electrons. The number of piperidine rings is 1. The summed E-state index contributed by atoms with van der Waals surface area (Å²) in [6, 6.07) is 14.8. The zero-order valence-electron chi connectivity index (χ0n) is 19.1. The number of nitrogens with one attached hydrogen (secondary N) is 1. The molecule has 2 heterocycles.